The van der Waals surface area contributed by atoms with Crippen molar-refractivity contribution in [1.82, 2.24) is 5.43 Å². The Balaban J connectivity index is 2.82. The molecule has 0 radical (unpaired) electrons. The van der Waals surface area contributed by atoms with Crippen molar-refractivity contribution in [1.29, 1.82) is 0 Å². The van der Waals surface area contributed by atoms with Crippen LogP contribution in [0.15, 0.2) is 0 Å². The highest BCUT2D eigenvalue weighted by atomic mass is 31.1. The summed E-state index contributed by atoms with van der Waals surface area (Å²) < 4.78 is 9.81. The van der Waals surface area contributed by atoms with Crippen LogP contribution in [0.3, 0.4) is 0 Å². The molecule has 42 valence electrons. The fourth-order valence-corrected chi connectivity index (χ4v) is 0.481. The van der Waals surface area contributed by atoms with E-state index in [9.17, 15) is 4.57 Å². The van der Waals surface area contributed by atoms with Gasteiger partial charge in [0.15, 0.2) is 6.16 Å². The second-order valence-corrected chi connectivity index (χ2v) is 2.18. The molecule has 0 fully saturated rings. The van der Waals surface area contributed by atoms with Crippen LogP contribution in [0.5, 0.6) is 0 Å². The first-order valence-electron chi connectivity index (χ1n) is 1.84. The van der Waals surface area contributed by atoms with Gasteiger partial charge in [-0.1, -0.05) is 0 Å². The van der Waals surface area contributed by atoms with Crippen LogP contribution in [0.4, 0.5) is 0 Å². The van der Waals surface area contributed by atoms with Gasteiger partial charge < -0.3 is 0 Å². The van der Waals surface area contributed by atoms with E-state index in [0.717, 1.165) is 0 Å². The van der Waals surface area contributed by atoms with E-state index in [-0.39, 0.29) is 6.16 Å². The maximum absolute atomic E-state index is 9.81. The highest BCUT2D eigenvalue weighted by Crippen LogP contribution is 2.08. The lowest BCUT2D eigenvalue weighted by molar-refractivity contribution is 0.501. The maximum Gasteiger partial charge on any atom is 0.506 e. The molecule has 0 bridgehead atoms. The lowest BCUT2D eigenvalue weighted by atomic mass is 10.8. The Morgan fingerprint density at radius 3 is 2.57 bits per heavy atom. The Bertz CT molecular complexity index is 66.7. The molecule has 7 heavy (non-hydrogen) atoms. The van der Waals surface area contributed by atoms with E-state index >= 15 is 0 Å². The zero-order valence-electron chi connectivity index (χ0n) is 3.79. The molecule has 4 N–H and O–H groups in total. The van der Waals surface area contributed by atoms with Crippen LogP contribution in [0.1, 0.15) is 0 Å². The first-order valence-corrected chi connectivity index (χ1v) is 3.24. The summed E-state index contributed by atoms with van der Waals surface area (Å²) in [6, 6.07) is 0. The number of hydrazine groups is 1. The average Bonchev–Trinajstić information content (AvgIpc) is 1.61. The summed E-state index contributed by atoms with van der Waals surface area (Å²) >= 11 is 0. The van der Waals surface area contributed by atoms with E-state index in [1.54, 1.807) is 0 Å². The molecule has 0 amide bonds. The molecule has 0 aromatic rings. The minimum absolute atomic E-state index is 0.228. The van der Waals surface area contributed by atoms with E-state index in [4.69, 9.17) is 10.7 Å². The van der Waals surface area contributed by atoms with Crippen molar-refractivity contribution in [2.45, 2.75) is 0 Å². The van der Waals surface area contributed by atoms with E-state index in [2.05, 4.69) is 5.43 Å². The van der Waals surface area contributed by atoms with Gasteiger partial charge in [-0.05, 0) is 4.57 Å². The maximum atomic E-state index is 9.81. The zero-order valence-corrected chi connectivity index (χ0v) is 4.69. The predicted molar refractivity (Wildman–Crippen MR) is 26.9 cm³/mol. The van der Waals surface area contributed by atoms with E-state index in [1.807, 2.05) is 0 Å². The Labute approximate surface area is 42.5 Å². The van der Waals surface area contributed by atoms with Gasteiger partial charge in [0.25, 0.3) is 0 Å². The molecular formula is C2H8N2O2P+. The zero-order chi connectivity index (χ0) is 5.70. The van der Waals surface area contributed by atoms with Crippen molar-refractivity contribution in [3.8, 4) is 0 Å². The van der Waals surface area contributed by atoms with Gasteiger partial charge >= 0.3 is 8.03 Å². The fraction of sp³-hybridized carbons (Fsp3) is 1.00. The van der Waals surface area contributed by atoms with Gasteiger partial charge in [-0.15, -0.1) is 0 Å². The Morgan fingerprint density at radius 2 is 2.43 bits per heavy atom. The molecule has 0 aliphatic heterocycles. The quantitative estimate of drug-likeness (QED) is 0.260. The lowest BCUT2D eigenvalue weighted by Gasteiger charge is -1.81. The molecule has 0 aromatic carbocycles. The minimum atomic E-state index is -2.00. The van der Waals surface area contributed by atoms with Crippen LogP contribution in [0.25, 0.3) is 0 Å². The molecule has 0 aliphatic rings. The van der Waals surface area contributed by atoms with Gasteiger partial charge in [0.05, 0.1) is 6.54 Å². The molecule has 1 atom stereocenters. The molecule has 5 heteroatoms. The van der Waals surface area contributed by atoms with Crippen LogP contribution in [-0.2, 0) is 4.57 Å². The number of rotatable bonds is 3. The molecule has 0 heterocycles. The van der Waals surface area contributed by atoms with Gasteiger partial charge in [-0.25, -0.2) is 0 Å². The Morgan fingerprint density at radius 1 is 1.86 bits per heavy atom. The average molecular weight is 123 g/mol. The lowest BCUT2D eigenvalue weighted by Crippen LogP contribution is -2.24. The third kappa shape index (κ3) is 5.98. The minimum Gasteiger partial charge on any atom is -0.271 e. The highest BCUT2D eigenvalue weighted by Gasteiger charge is 2.05. The van der Waals surface area contributed by atoms with Crippen LogP contribution < -0.4 is 11.3 Å². The van der Waals surface area contributed by atoms with E-state index < -0.39 is 8.03 Å². The SMILES string of the molecule is NNCC[P+](=O)O. The predicted octanol–water partition coefficient (Wildman–Crippen LogP) is -0.816. The first-order chi connectivity index (χ1) is 3.27. The standard InChI is InChI=1S/C2H7N2O2P/c3-4-1-2-7(5)6/h4H,1-3H2/p+1. The van der Waals surface area contributed by atoms with Gasteiger partial charge in [0.2, 0.25) is 0 Å². The van der Waals surface area contributed by atoms with E-state index in [1.165, 1.54) is 0 Å². The molecule has 0 aromatic heterocycles. The van der Waals surface area contributed by atoms with Crippen LogP contribution in [0.2, 0.25) is 0 Å². The molecule has 4 nitrogen and oxygen atoms in total. The second kappa shape index (κ2) is 4.15. The van der Waals surface area contributed by atoms with Crippen molar-refractivity contribution in [3.63, 3.8) is 0 Å². The molecule has 0 rings (SSSR count). The van der Waals surface area contributed by atoms with Crippen molar-refractivity contribution in [2.75, 3.05) is 12.7 Å². The van der Waals surface area contributed by atoms with Crippen LogP contribution in [-0.4, -0.2) is 17.6 Å². The summed E-state index contributed by atoms with van der Waals surface area (Å²) in [5, 5.41) is 0. The van der Waals surface area contributed by atoms with Crippen LogP contribution >= 0.6 is 8.03 Å². The Kier molecular flexibility index (Phi) is 4.14. The summed E-state index contributed by atoms with van der Waals surface area (Å²) in [4.78, 5) is 8.10. The van der Waals surface area contributed by atoms with Gasteiger partial charge in [0.1, 0.15) is 0 Å². The summed E-state index contributed by atoms with van der Waals surface area (Å²) in [6.45, 7) is 0.395. The smallest absolute Gasteiger partial charge is 0.271 e. The molecule has 0 aliphatic carbocycles. The number of hydrogen-bond donors (Lipinski definition) is 3. The fourth-order valence-electron chi connectivity index (χ4n) is 0.160. The summed E-state index contributed by atoms with van der Waals surface area (Å²) in [6.07, 6.45) is 0.228. The largest absolute Gasteiger partial charge is 0.506 e. The Hall–Kier alpha value is -0.0200. The number of hydrogen-bond acceptors (Lipinski definition) is 3. The van der Waals surface area contributed by atoms with Crippen LogP contribution in [0, 0.1) is 0 Å². The number of nitrogens with one attached hydrogen (secondary N) is 1. The summed E-state index contributed by atoms with van der Waals surface area (Å²) in [5.41, 5.74) is 2.26. The van der Waals surface area contributed by atoms with Crippen molar-refractivity contribution in [3.05, 3.63) is 0 Å². The normalized spacial score (nSPS) is 11.4. The van der Waals surface area contributed by atoms with Crippen molar-refractivity contribution >= 4 is 8.03 Å². The third-order valence-electron chi connectivity index (χ3n) is 0.447. The highest BCUT2D eigenvalue weighted by molar-refractivity contribution is 7.38. The first kappa shape index (κ1) is 6.98. The monoisotopic (exact) mass is 123 g/mol. The second-order valence-electron chi connectivity index (χ2n) is 1.03. The molecular weight excluding hydrogens is 115 g/mol. The third-order valence-corrected chi connectivity index (χ3v) is 1.05. The topological polar surface area (TPSA) is 75.3 Å². The molecule has 0 saturated heterocycles. The van der Waals surface area contributed by atoms with Gasteiger partial charge in [0, 0.05) is 0 Å². The van der Waals surface area contributed by atoms with Gasteiger partial charge in [-0.2, -0.15) is 4.89 Å². The van der Waals surface area contributed by atoms with Crippen molar-refractivity contribution in [2.24, 2.45) is 5.84 Å². The van der Waals surface area contributed by atoms with Crippen molar-refractivity contribution < 1.29 is 9.46 Å². The van der Waals surface area contributed by atoms with Gasteiger partial charge in [-0.3, -0.25) is 11.3 Å². The molecule has 0 saturated carbocycles. The molecule has 1 unspecified atom stereocenters. The summed E-state index contributed by atoms with van der Waals surface area (Å²) in [5.74, 6) is 4.79. The summed E-state index contributed by atoms with van der Waals surface area (Å²) in [7, 11) is -2.00. The van der Waals surface area contributed by atoms with E-state index in [0.29, 0.717) is 6.54 Å². The number of nitrogens with two attached hydrogens (primary N) is 1. The molecule has 0 spiro atoms.